The summed E-state index contributed by atoms with van der Waals surface area (Å²) in [5.74, 6) is 0. The van der Waals surface area contributed by atoms with Crippen molar-refractivity contribution in [2.45, 2.75) is 30.6 Å². The topological polar surface area (TPSA) is 41.5 Å². The van der Waals surface area contributed by atoms with E-state index in [0.29, 0.717) is 0 Å². The van der Waals surface area contributed by atoms with Crippen LogP contribution in [0, 0.1) is 0 Å². The molecule has 2 unspecified atom stereocenters. The van der Waals surface area contributed by atoms with Crippen molar-refractivity contribution in [1.29, 1.82) is 0 Å². The molecular formula is C19H23NO2. The first-order chi connectivity index (χ1) is 10.8. The molecule has 2 aromatic rings. The predicted octanol–water partition coefficient (Wildman–Crippen LogP) is 2.69. The van der Waals surface area contributed by atoms with E-state index < -0.39 is 5.60 Å². The summed E-state index contributed by atoms with van der Waals surface area (Å²) in [6, 6.07) is 19.6. The second-order valence-electron chi connectivity index (χ2n) is 5.85. The van der Waals surface area contributed by atoms with Crippen molar-refractivity contribution in [3.8, 4) is 0 Å². The maximum Gasteiger partial charge on any atom is 0.132 e. The molecule has 1 fully saturated rings. The van der Waals surface area contributed by atoms with E-state index in [-0.39, 0.29) is 12.1 Å². The quantitative estimate of drug-likeness (QED) is 0.911. The molecule has 0 aliphatic carbocycles. The summed E-state index contributed by atoms with van der Waals surface area (Å²) in [4.78, 5) is 0. The Morgan fingerprint density at radius 1 is 1.00 bits per heavy atom. The summed E-state index contributed by atoms with van der Waals surface area (Å²) >= 11 is 0. The summed E-state index contributed by atoms with van der Waals surface area (Å²) in [6.07, 6.45) is 2.00. The predicted molar refractivity (Wildman–Crippen MR) is 87.7 cm³/mol. The van der Waals surface area contributed by atoms with Gasteiger partial charge in [0.15, 0.2) is 0 Å². The number of rotatable bonds is 4. The van der Waals surface area contributed by atoms with Crippen LogP contribution in [0.25, 0.3) is 0 Å². The highest BCUT2D eigenvalue weighted by Crippen LogP contribution is 2.37. The molecule has 3 heteroatoms. The molecule has 2 atom stereocenters. The van der Waals surface area contributed by atoms with Gasteiger partial charge in [-0.05, 0) is 30.5 Å². The lowest BCUT2D eigenvalue weighted by atomic mass is 9.76. The number of ether oxygens (including phenoxy) is 1. The molecule has 0 saturated carbocycles. The first-order valence-electron chi connectivity index (χ1n) is 7.86. The summed E-state index contributed by atoms with van der Waals surface area (Å²) in [6.45, 7) is 0.895. The zero-order valence-electron chi connectivity index (χ0n) is 12.9. The minimum absolute atomic E-state index is 0.0147. The smallest absolute Gasteiger partial charge is 0.132 e. The third kappa shape index (κ3) is 2.68. The van der Waals surface area contributed by atoms with Crippen LogP contribution >= 0.6 is 0 Å². The van der Waals surface area contributed by atoms with Crippen molar-refractivity contribution in [3.05, 3.63) is 71.8 Å². The fourth-order valence-electron chi connectivity index (χ4n) is 3.44. The van der Waals surface area contributed by atoms with Crippen LogP contribution in [0.2, 0.25) is 0 Å². The Labute approximate surface area is 131 Å². The fourth-order valence-corrected chi connectivity index (χ4v) is 3.44. The molecule has 1 heterocycles. The average molecular weight is 297 g/mol. The van der Waals surface area contributed by atoms with Gasteiger partial charge in [-0.25, -0.2) is 0 Å². The van der Waals surface area contributed by atoms with E-state index in [9.17, 15) is 5.11 Å². The number of methoxy groups -OCH3 is 1. The minimum atomic E-state index is -1.11. The molecule has 0 aromatic heterocycles. The van der Waals surface area contributed by atoms with Crippen LogP contribution in [0.1, 0.15) is 24.0 Å². The van der Waals surface area contributed by atoms with Crippen molar-refractivity contribution in [2.75, 3.05) is 13.7 Å². The van der Waals surface area contributed by atoms with Gasteiger partial charge in [0, 0.05) is 7.11 Å². The fraction of sp³-hybridized carbons (Fsp3) is 0.368. The van der Waals surface area contributed by atoms with Gasteiger partial charge in [-0.1, -0.05) is 60.7 Å². The summed E-state index contributed by atoms with van der Waals surface area (Å²) in [5, 5.41) is 15.2. The van der Waals surface area contributed by atoms with E-state index >= 15 is 0 Å². The van der Waals surface area contributed by atoms with Crippen LogP contribution in [-0.4, -0.2) is 30.9 Å². The number of aliphatic hydroxyl groups is 1. The molecule has 3 rings (SSSR count). The van der Waals surface area contributed by atoms with Gasteiger partial charge < -0.3 is 15.2 Å². The second-order valence-corrected chi connectivity index (χ2v) is 5.85. The van der Waals surface area contributed by atoms with E-state index in [1.165, 1.54) is 0 Å². The third-order valence-electron chi connectivity index (χ3n) is 4.58. The largest absolute Gasteiger partial charge is 0.380 e. The van der Waals surface area contributed by atoms with Crippen molar-refractivity contribution in [2.24, 2.45) is 0 Å². The van der Waals surface area contributed by atoms with E-state index in [1.807, 2.05) is 60.7 Å². The van der Waals surface area contributed by atoms with Crippen molar-refractivity contribution in [3.63, 3.8) is 0 Å². The van der Waals surface area contributed by atoms with Crippen LogP contribution in [0.15, 0.2) is 60.7 Å². The molecule has 0 spiro atoms. The number of hydrogen-bond acceptors (Lipinski definition) is 3. The van der Waals surface area contributed by atoms with E-state index in [2.05, 4.69) is 5.32 Å². The highest BCUT2D eigenvalue weighted by molar-refractivity contribution is 5.38. The molecule has 2 N–H and O–H groups in total. The maximum absolute atomic E-state index is 11.7. The Morgan fingerprint density at radius 3 is 2.05 bits per heavy atom. The average Bonchev–Trinajstić information content (AvgIpc) is 2.62. The van der Waals surface area contributed by atoms with Crippen molar-refractivity contribution < 1.29 is 9.84 Å². The zero-order chi connectivity index (χ0) is 15.4. The molecule has 22 heavy (non-hydrogen) atoms. The van der Waals surface area contributed by atoms with Gasteiger partial charge in [0.2, 0.25) is 0 Å². The van der Waals surface area contributed by atoms with Gasteiger partial charge >= 0.3 is 0 Å². The number of benzene rings is 2. The molecular weight excluding hydrogens is 274 g/mol. The first-order valence-corrected chi connectivity index (χ1v) is 7.86. The van der Waals surface area contributed by atoms with Gasteiger partial charge in [0.05, 0.1) is 12.1 Å². The Morgan fingerprint density at radius 2 is 1.55 bits per heavy atom. The standard InChI is InChI=1S/C19H23NO2/c1-22-17-13-8-14-20-18(17)19(21,15-9-4-2-5-10-15)16-11-6-3-7-12-16/h2-7,9-12,17-18,20-21H,8,13-14H2,1H3. The number of hydrogen-bond donors (Lipinski definition) is 2. The van der Waals surface area contributed by atoms with Gasteiger partial charge in [-0.3, -0.25) is 0 Å². The molecule has 0 bridgehead atoms. The lowest BCUT2D eigenvalue weighted by Crippen LogP contribution is -2.58. The van der Waals surface area contributed by atoms with E-state index in [0.717, 1.165) is 30.5 Å². The highest BCUT2D eigenvalue weighted by Gasteiger charge is 2.45. The molecule has 3 nitrogen and oxygen atoms in total. The lowest BCUT2D eigenvalue weighted by molar-refractivity contribution is -0.0525. The van der Waals surface area contributed by atoms with E-state index in [4.69, 9.17) is 4.74 Å². The molecule has 0 amide bonds. The Kier molecular flexibility index (Phi) is 4.57. The highest BCUT2D eigenvalue weighted by atomic mass is 16.5. The molecule has 2 aromatic carbocycles. The summed E-state index contributed by atoms with van der Waals surface area (Å²) in [5.41, 5.74) is 0.675. The van der Waals surface area contributed by atoms with Crippen LogP contribution in [-0.2, 0) is 10.3 Å². The van der Waals surface area contributed by atoms with Crippen LogP contribution < -0.4 is 5.32 Å². The van der Waals surface area contributed by atoms with Gasteiger partial charge in [0.1, 0.15) is 5.60 Å². The van der Waals surface area contributed by atoms with Gasteiger partial charge in [0.25, 0.3) is 0 Å². The molecule has 1 saturated heterocycles. The maximum atomic E-state index is 11.7. The van der Waals surface area contributed by atoms with Gasteiger partial charge in [-0.15, -0.1) is 0 Å². The minimum Gasteiger partial charge on any atom is -0.380 e. The van der Waals surface area contributed by atoms with Crippen LogP contribution in [0.3, 0.4) is 0 Å². The Hall–Kier alpha value is -1.68. The summed E-state index contributed by atoms with van der Waals surface area (Å²) in [7, 11) is 1.72. The second kappa shape index (κ2) is 6.61. The molecule has 1 aliphatic heterocycles. The van der Waals surface area contributed by atoms with Crippen molar-refractivity contribution in [1.82, 2.24) is 5.32 Å². The molecule has 1 aliphatic rings. The normalized spacial score (nSPS) is 22.5. The third-order valence-corrected chi connectivity index (χ3v) is 4.58. The van der Waals surface area contributed by atoms with Crippen molar-refractivity contribution >= 4 is 0 Å². The SMILES string of the molecule is COC1CCCNC1C(O)(c1ccccc1)c1ccccc1. The monoisotopic (exact) mass is 297 g/mol. The first kappa shape index (κ1) is 15.2. The molecule has 0 radical (unpaired) electrons. The van der Waals surface area contributed by atoms with Gasteiger partial charge in [-0.2, -0.15) is 0 Å². The Bertz CT molecular complexity index is 545. The number of nitrogens with one attached hydrogen (secondary N) is 1. The Balaban J connectivity index is 2.11. The van der Waals surface area contributed by atoms with E-state index in [1.54, 1.807) is 7.11 Å². The molecule has 116 valence electrons. The summed E-state index contributed by atoms with van der Waals surface area (Å²) < 4.78 is 5.67. The zero-order valence-corrected chi connectivity index (χ0v) is 12.9. The lowest BCUT2D eigenvalue weighted by Gasteiger charge is -2.43. The van der Waals surface area contributed by atoms with Crippen LogP contribution in [0.5, 0.6) is 0 Å². The van der Waals surface area contributed by atoms with Crippen LogP contribution in [0.4, 0.5) is 0 Å². The number of piperidine rings is 1.